The summed E-state index contributed by atoms with van der Waals surface area (Å²) in [6, 6.07) is 0. The van der Waals surface area contributed by atoms with Crippen LogP contribution in [0, 0.1) is 13.8 Å². The summed E-state index contributed by atoms with van der Waals surface area (Å²) in [6.45, 7) is 11.7. The number of nitrogens with zero attached hydrogens (tertiary/aromatic N) is 2. The van der Waals surface area contributed by atoms with Gasteiger partial charge in [0, 0.05) is 44.0 Å². The van der Waals surface area contributed by atoms with Gasteiger partial charge in [-0.05, 0) is 32.8 Å². The fourth-order valence-corrected chi connectivity index (χ4v) is 3.47. The molecular weight excluding hydrogens is 332 g/mol. The molecule has 2 rings (SSSR count). The highest BCUT2D eigenvalue weighted by molar-refractivity contribution is 6.03. The third kappa shape index (κ3) is 5.02. The third-order valence-corrected chi connectivity index (χ3v) is 4.84. The highest BCUT2D eigenvalue weighted by Gasteiger charge is 2.24. The molecule has 0 radical (unpaired) electrons. The molecule has 0 bridgehead atoms. The maximum Gasteiger partial charge on any atom is 0.234 e. The Hall–Kier alpha value is -1.99. The average Bonchev–Trinajstić information content (AvgIpc) is 2.89. The first kappa shape index (κ1) is 20.3. The van der Waals surface area contributed by atoms with Crippen molar-refractivity contribution < 1.29 is 14.4 Å². The number of piperazine rings is 1. The van der Waals surface area contributed by atoms with Crippen LogP contribution in [0.4, 0.5) is 0 Å². The number of aryl methyl sites for hydroxylation is 1. The van der Waals surface area contributed by atoms with Crippen LogP contribution in [-0.4, -0.2) is 78.1 Å². The van der Waals surface area contributed by atoms with Crippen LogP contribution in [0.3, 0.4) is 0 Å². The van der Waals surface area contributed by atoms with E-state index in [4.69, 9.17) is 0 Å². The van der Waals surface area contributed by atoms with Gasteiger partial charge in [0.15, 0.2) is 11.6 Å². The van der Waals surface area contributed by atoms with Crippen molar-refractivity contribution in [1.82, 2.24) is 20.1 Å². The van der Waals surface area contributed by atoms with Crippen LogP contribution >= 0.6 is 0 Å². The van der Waals surface area contributed by atoms with Crippen molar-refractivity contribution in [2.45, 2.75) is 34.1 Å². The van der Waals surface area contributed by atoms with Crippen LogP contribution in [0.1, 0.15) is 52.4 Å². The molecule has 1 amide bonds. The van der Waals surface area contributed by atoms with Crippen molar-refractivity contribution in [3.63, 3.8) is 0 Å². The average molecular weight is 362 g/mol. The number of aromatic amines is 1. The maximum absolute atomic E-state index is 12.6. The summed E-state index contributed by atoms with van der Waals surface area (Å²) in [5.74, 6) is 0.0446. The molecule has 144 valence electrons. The number of Topliss-reactive ketones (excluding diaryl/α,β-unsaturated/α-hetero) is 2. The number of H-pyrrole nitrogens is 1. The van der Waals surface area contributed by atoms with E-state index in [0.29, 0.717) is 30.9 Å². The highest BCUT2D eigenvalue weighted by Crippen LogP contribution is 2.19. The van der Waals surface area contributed by atoms with Crippen molar-refractivity contribution in [1.29, 1.82) is 0 Å². The minimum Gasteiger partial charge on any atom is -0.355 e. The number of aromatic nitrogens is 1. The first-order valence-electron chi connectivity index (χ1n) is 9.28. The molecule has 1 aliphatic rings. The number of carbonyl (C=O) groups excluding carboxylic acids is 3. The smallest absolute Gasteiger partial charge is 0.234 e. The zero-order valence-electron chi connectivity index (χ0n) is 16.3. The van der Waals surface area contributed by atoms with Gasteiger partial charge < -0.3 is 10.3 Å². The number of amides is 1. The predicted octanol–water partition coefficient (Wildman–Crippen LogP) is 1.16. The zero-order chi connectivity index (χ0) is 19.3. The quantitative estimate of drug-likeness (QED) is 0.678. The van der Waals surface area contributed by atoms with Crippen LogP contribution in [0.5, 0.6) is 0 Å². The Kier molecular flexibility index (Phi) is 7.11. The second-order valence-electron chi connectivity index (χ2n) is 7.01. The number of hydrogen-bond acceptors (Lipinski definition) is 5. The van der Waals surface area contributed by atoms with Crippen molar-refractivity contribution >= 4 is 17.5 Å². The van der Waals surface area contributed by atoms with Gasteiger partial charge in [0.05, 0.1) is 18.8 Å². The van der Waals surface area contributed by atoms with E-state index >= 15 is 0 Å². The Morgan fingerprint density at radius 1 is 1.04 bits per heavy atom. The molecule has 0 unspecified atom stereocenters. The molecule has 2 N–H and O–H groups in total. The fraction of sp³-hybridized carbons (Fsp3) is 0.632. The van der Waals surface area contributed by atoms with Crippen molar-refractivity contribution in [2.75, 3.05) is 45.8 Å². The highest BCUT2D eigenvalue weighted by atomic mass is 16.2. The first-order valence-corrected chi connectivity index (χ1v) is 9.28. The molecule has 1 aliphatic heterocycles. The summed E-state index contributed by atoms with van der Waals surface area (Å²) >= 11 is 0. The molecule has 0 aliphatic carbocycles. The van der Waals surface area contributed by atoms with E-state index in [9.17, 15) is 14.4 Å². The molecule has 1 saturated heterocycles. The third-order valence-electron chi connectivity index (χ3n) is 4.84. The van der Waals surface area contributed by atoms with E-state index in [0.717, 1.165) is 43.9 Å². The molecule has 1 fully saturated rings. The molecule has 1 aromatic heterocycles. The van der Waals surface area contributed by atoms with Crippen molar-refractivity contribution in [2.24, 2.45) is 0 Å². The molecule has 7 nitrogen and oxygen atoms in total. The lowest BCUT2D eigenvalue weighted by Gasteiger charge is -2.33. The van der Waals surface area contributed by atoms with Gasteiger partial charge in [0.1, 0.15) is 0 Å². The van der Waals surface area contributed by atoms with Gasteiger partial charge in [-0.25, -0.2) is 0 Å². The summed E-state index contributed by atoms with van der Waals surface area (Å²) in [6.07, 6.45) is 0.935. The maximum atomic E-state index is 12.6. The van der Waals surface area contributed by atoms with E-state index in [1.165, 1.54) is 6.92 Å². The summed E-state index contributed by atoms with van der Waals surface area (Å²) in [4.78, 5) is 43.4. The monoisotopic (exact) mass is 362 g/mol. The predicted molar refractivity (Wildman–Crippen MR) is 101 cm³/mol. The summed E-state index contributed by atoms with van der Waals surface area (Å²) in [5.41, 5.74) is 2.65. The number of hydrogen-bond donors (Lipinski definition) is 2. The largest absolute Gasteiger partial charge is 0.355 e. The summed E-state index contributed by atoms with van der Waals surface area (Å²) in [5, 5.41) is 2.89. The van der Waals surface area contributed by atoms with Gasteiger partial charge in [0.2, 0.25) is 5.91 Å². The zero-order valence-corrected chi connectivity index (χ0v) is 16.3. The normalized spacial score (nSPS) is 15.8. The lowest BCUT2D eigenvalue weighted by Crippen LogP contribution is -2.50. The Morgan fingerprint density at radius 2 is 1.62 bits per heavy atom. The van der Waals surface area contributed by atoms with Crippen LogP contribution in [0.2, 0.25) is 0 Å². The van der Waals surface area contributed by atoms with Gasteiger partial charge in [-0.1, -0.05) is 6.92 Å². The first-order chi connectivity index (χ1) is 12.3. The molecule has 7 heteroatoms. The Balaban J connectivity index is 1.86. The van der Waals surface area contributed by atoms with Gasteiger partial charge in [-0.2, -0.15) is 0 Å². The van der Waals surface area contributed by atoms with Crippen LogP contribution in [-0.2, 0) is 4.79 Å². The van der Waals surface area contributed by atoms with Crippen LogP contribution in [0.15, 0.2) is 0 Å². The van der Waals surface area contributed by atoms with Gasteiger partial charge >= 0.3 is 0 Å². The summed E-state index contributed by atoms with van der Waals surface area (Å²) < 4.78 is 0. The standard InChI is InChI=1S/C19H30N4O3/c1-5-6-20-17(26)12-23-9-7-22(8-10-23)11-16(25)19-13(2)18(15(4)24)14(3)21-19/h21H,5-12H2,1-4H3,(H,20,26). The minimum absolute atomic E-state index is 0.00670. The van der Waals surface area contributed by atoms with Crippen molar-refractivity contribution in [3.8, 4) is 0 Å². The topological polar surface area (TPSA) is 85.5 Å². The number of ketones is 2. The van der Waals surface area contributed by atoms with E-state index in [-0.39, 0.29) is 17.5 Å². The SMILES string of the molecule is CCCNC(=O)CN1CCN(CC(=O)c2[nH]c(C)c(C(C)=O)c2C)CC1. The molecule has 2 heterocycles. The number of rotatable bonds is 8. The van der Waals surface area contributed by atoms with E-state index in [1.807, 2.05) is 20.8 Å². The van der Waals surface area contributed by atoms with E-state index in [2.05, 4.69) is 20.1 Å². The Labute approximate surface area is 155 Å². The molecule has 26 heavy (non-hydrogen) atoms. The molecule has 0 spiro atoms. The van der Waals surface area contributed by atoms with Gasteiger partial charge in [0.25, 0.3) is 0 Å². The van der Waals surface area contributed by atoms with Crippen LogP contribution < -0.4 is 5.32 Å². The number of nitrogens with one attached hydrogen (secondary N) is 2. The summed E-state index contributed by atoms with van der Waals surface area (Å²) in [7, 11) is 0. The second-order valence-corrected chi connectivity index (χ2v) is 7.01. The lowest BCUT2D eigenvalue weighted by molar-refractivity contribution is -0.122. The van der Waals surface area contributed by atoms with E-state index < -0.39 is 0 Å². The minimum atomic E-state index is -0.0229. The van der Waals surface area contributed by atoms with E-state index in [1.54, 1.807) is 0 Å². The lowest BCUT2D eigenvalue weighted by atomic mass is 10.1. The van der Waals surface area contributed by atoms with Gasteiger partial charge in [-0.15, -0.1) is 0 Å². The molecule has 1 aromatic rings. The molecule has 0 atom stereocenters. The fourth-order valence-electron chi connectivity index (χ4n) is 3.47. The molecular formula is C19H30N4O3. The Bertz CT molecular complexity index is 673. The number of carbonyl (C=O) groups is 3. The molecule has 0 saturated carbocycles. The van der Waals surface area contributed by atoms with Crippen molar-refractivity contribution in [3.05, 3.63) is 22.5 Å². The van der Waals surface area contributed by atoms with Gasteiger partial charge in [-0.3, -0.25) is 24.2 Å². The van der Waals surface area contributed by atoms with Crippen LogP contribution in [0.25, 0.3) is 0 Å². The Morgan fingerprint density at radius 3 is 2.12 bits per heavy atom. The molecule has 0 aromatic carbocycles. The second kappa shape index (κ2) is 9.09.